The van der Waals surface area contributed by atoms with Gasteiger partial charge in [0.05, 0.1) is 33.5 Å². The highest BCUT2D eigenvalue weighted by atomic mass is 16.6. The third kappa shape index (κ3) is 7.61. The largest absolute Gasteiger partial charge is 0.454 e. The van der Waals surface area contributed by atoms with Gasteiger partial charge in [0, 0.05) is 6.42 Å². The molecule has 1 aliphatic rings. The van der Waals surface area contributed by atoms with Crippen LogP contribution < -0.4 is 0 Å². The maximum atomic E-state index is 12.5. The van der Waals surface area contributed by atoms with Gasteiger partial charge in [0.2, 0.25) is 0 Å². The van der Waals surface area contributed by atoms with E-state index >= 15 is 0 Å². The van der Waals surface area contributed by atoms with Crippen molar-refractivity contribution in [3.05, 3.63) is 71.8 Å². The Labute approximate surface area is 173 Å². The molecular formula is C24H32NO4+. The summed E-state index contributed by atoms with van der Waals surface area (Å²) in [6.07, 6.45) is 0.813. The molecule has 5 heteroatoms. The standard InChI is InChI=1S/C24H32NO4/c1-25(14-16-27-17-15-25)18-23(20-28-19-22-10-6-3-7-11-22)29-24(26)13-12-21-8-4-2-5-9-21/h2-11,23H,12-20H2,1H3/q+1. The second-order valence-corrected chi connectivity index (χ2v) is 7.96. The van der Waals surface area contributed by atoms with Crippen LogP contribution in [0.3, 0.4) is 0 Å². The second kappa shape index (κ2) is 11.1. The summed E-state index contributed by atoms with van der Waals surface area (Å²) in [6, 6.07) is 20.1. The summed E-state index contributed by atoms with van der Waals surface area (Å²) in [5.41, 5.74) is 2.27. The van der Waals surface area contributed by atoms with Gasteiger partial charge in [-0.2, -0.15) is 0 Å². The van der Waals surface area contributed by atoms with E-state index in [2.05, 4.69) is 7.05 Å². The van der Waals surface area contributed by atoms with Crippen LogP contribution >= 0.6 is 0 Å². The lowest BCUT2D eigenvalue weighted by Crippen LogP contribution is -2.56. The Morgan fingerprint density at radius 3 is 2.28 bits per heavy atom. The van der Waals surface area contributed by atoms with Crippen LogP contribution in [-0.4, -0.2) is 63.1 Å². The lowest BCUT2D eigenvalue weighted by molar-refractivity contribution is -0.919. The van der Waals surface area contributed by atoms with Crippen LogP contribution in [-0.2, 0) is 32.0 Å². The number of aryl methyl sites for hydroxylation is 1. The lowest BCUT2D eigenvalue weighted by atomic mass is 10.1. The van der Waals surface area contributed by atoms with Crippen molar-refractivity contribution >= 4 is 5.97 Å². The van der Waals surface area contributed by atoms with Gasteiger partial charge in [-0.3, -0.25) is 4.79 Å². The minimum atomic E-state index is -0.259. The molecule has 1 heterocycles. The van der Waals surface area contributed by atoms with E-state index in [0.717, 1.165) is 48.5 Å². The average molecular weight is 399 g/mol. The number of rotatable bonds is 10. The number of nitrogens with zero attached hydrogens (tertiary/aromatic N) is 1. The summed E-state index contributed by atoms with van der Waals surface area (Å²) in [7, 11) is 2.20. The number of benzene rings is 2. The van der Waals surface area contributed by atoms with Gasteiger partial charge in [-0.1, -0.05) is 60.7 Å². The van der Waals surface area contributed by atoms with Crippen LogP contribution in [0.2, 0.25) is 0 Å². The van der Waals surface area contributed by atoms with Crippen molar-refractivity contribution in [2.24, 2.45) is 0 Å². The lowest BCUT2D eigenvalue weighted by Gasteiger charge is -2.39. The van der Waals surface area contributed by atoms with Crippen LogP contribution in [0.15, 0.2) is 60.7 Å². The molecular weight excluding hydrogens is 366 g/mol. The molecule has 2 aromatic carbocycles. The van der Waals surface area contributed by atoms with Crippen LogP contribution in [0.5, 0.6) is 0 Å². The quantitative estimate of drug-likeness (QED) is 0.455. The van der Waals surface area contributed by atoms with Gasteiger partial charge in [0.1, 0.15) is 19.6 Å². The first-order chi connectivity index (χ1) is 14.1. The Bertz CT molecular complexity index is 729. The average Bonchev–Trinajstić information content (AvgIpc) is 2.74. The molecule has 1 unspecified atom stereocenters. The Morgan fingerprint density at radius 1 is 1.00 bits per heavy atom. The van der Waals surface area contributed by atoms with Crippen LogP contribution in [0.1, 0.15) is 17.5 Å². The first-order valence-corrected chi connectivity index (χ1v) is 10.4. The Kier molecular flexibility index (Phi) is 8.23. The van der Waals surface area contributed by atoms with Gasteiger partial charge in [-0.15, -0.1) is 0 Å². The summed E-state index contributed by atoms with van der Waals surface area (Å²) in [4.78, 5) is 12.5. The molecule has 0 aliphatic carbocycles. The van der Waals surface area contributed by atoms with Crippen molar-refractivity contribution in [1.82, 2.24) is 0 Å². The highest BCUT2D eigenvalue weighted by molar-refractivity contribution is 5.70. The number of hydrogen-bond acceptors (Lipinski definition) is 4. The van der Waals surface area contributed by atoms with E-state index in [1.165, 1.54) is 0 Å². The Balaban J connectivity index is 1.53. The molecule has 156 valence electrons. The molecule has 0 spiro atoms. The zero-order valence-corrected chi connectivity index (χ0v) is 17.3. The highest BCUT2D eigenvalue weighted by Crippen LogP contribution is 2.13. The molecule has 5 nitrogen and oxygen atoms in total. The molecule has 3 rings (SSSR count). The molecule has 1 saturated heterocycles. The topological polar surface area (TPSA) is 44.8 Å². The Hall–Kier alpha value is -2.21. The third-order valence-corrected chi connectivity index (χ3v) is 5.37. The van der Waals surface area contributed by atoms with Gasteiger partial charge in [-0.25, -0.2) is 0 Å². The van der Waals surface area contributed by atoms with E-state index in [-0.39, 0.29) is 12.1 Å². The molecule has 29 heavy (non-hydrogen) atoms. The smallest absolute Gasteiger partial charge is 0.306 e. The number of quaternary nitrogens is 1. The van der Waals surface area contributed by atoms with E-state index in [0.29, 0.717) is 26.1 Å². The van der Waals surface area contributed by atoms with Crippen molar-refractivity contribution in [1.29, 1.82) is 0 Å². The van der Waals surface area contributed by atoms with Crippen molar-refractivity contribution in [2.75, 3.05) is 46.5 Å². The van der Waals surface area contributed by atoms with Crippen molar-refractivity contribution < 1.29 is 23.5 Å². The molecule has 0 bridgehead atoms. The van der Waals surface area contributed by atoms with E-state index in [9.17, 15) is 4.79 Å². The summed E-state index contributed by atoms with van der Waals surface area (Å²) < 4.78 is 18.1. The molecule has 0 saturated carbocycles. The fraction of sp³-hybridized carbons (Fsp3) is 0.458. The third-order valence-electron chi connectivity index (χ3n) is 5.37. The molecule has 0 amide bonds. The summed E-state index contributed by atoms with van der Waals surface area (Å²) in [6.45, 7) is 5.02. The molecule has 0 N–H and O–H groups in total. The zero-order valence-electron chi connectivity index (χ0n) is 17.3. The maximum Gasteiger partial charge on any atom is 0.306 e. The minimum Gasteiger partial charge on any atom is -0.454 e. The van der Waals surface area contributed by atoms with Gasteiger partial charge in [0.15, 0.2) is 6.10 Å². The number of morpholine rings is 1. The number of ether oxygens (including phenoxy) is 3. The number of carbonyl (C=O) groups excluding carboxylic acids is 1. The number of carbonyl (C=O) groups is 1. The normalized spacial score (nSPS) is 16.9. The van der Waals surface area contributed by atoms with Crippen molar-refractivity contribution in [3.8, 4) is 0 Å². The van der Waals surface area contributed by atoms with Crippen LogP contribution in [0.4, 0.5) is 0 Å². The zero-order chi connectivity index (χ0) is 20.4. The predicted molar refractivity (Wildman–Crippen MR) is 112 cm³/mol. The van der Waals surface area contributed by atoms with E-state index in [4.69, 9.17) is 14.2 Å². The monoisotopic (exact) mass is 398 g/mol. The highest BCUT2D eigenvalue weighted by Gasteiger charge is 2.31. The molecule has 1 atom stereocenters. The molecule has 0 radical (unpaired) electrons. The molecule has 0 aromatic heterocycles. The molecule has 1 fully saturated rings. The van der Waals surface area contributed by atoms with E-state index < -0.39 is 0 Å². The maximum absolute atomic E-state index is 12.5. The Morgan fingerprint density at radius 2 is 1.62 bits per heavy atom. The first-order valence-electron chi connectivity index (χ1n) is 10.4. The predicted octanol–water partition coefficient (Wildman–Crippen LogP) is 3.22. The SMILES string of the molecule is C[N+]1(CC(COCc2ccccc2)OC(=O)CCc2ccccc2)CCOCC1. The summed E-state index contributed by atoms with van der Waals surface area (Å²) in [5, 5.41) is 0. The number of esters is 1. The van der Waals surface area contributed by atoms with Gasteiger partial charge in [0.25, 0.3) is 0 Å². The van der Waals surface area contributed by atoms with Gasteiger partial charge < -0.3 is 18.7 Å². The van der Waals surface area contributed by atoms with Crippen molar-refractivity contribution in [3.63, 3.8) is 0 Å². The summed E-state index contributed by atoms with van der Waals surface area (Å²) in [5.74, 6) is -0.165. The molecule has 1 aliphatic heterocycles. The van der Waals surface area contributed by atoms with Crippen molar-refractivity contribution in [2.45, 2.75) is 25.6 Å². The molecule has 2 aromatic rings. The summed E-state index contributed by atoms with van der Waals surface area (Å²) >= 11 is 0. The fourth-order valence-electron chi connectivity index (χ4n) is 3.60. The van der Waals surface area contributed by atoms with Crippen LogP contribution in [0.25, 0.3) is 0 Å². The first kappa shape index (κ1) is 21.5. The van der Waals surface area contributed by atoms with E-state index in [1.807, 2.05) is 60.7 Å². The van der Waals surface area contributed by atoms with Crippen LogP contribution in [0, 0.1) is 0 Å². The fourth-order valence-corrected chi connectivity index (χ4v) is 3.60. The van der Waals surface area contributed by atoms with Gasteiger partial charge >= 0.3 is 5.97 Å². The minimum absolute atomic E-state index is 0.165. The number of likely N-dealkylation sites (N-methyl/N-ethyl adjacent to an activating group) is 1. The van der Waals surface area contributed by atoms with E-state index in [1.54, 1.807) is 0 Å². The second-order valence-electron chi connectivity index (χ2n) is 7.96. The number of hydrogen-bond donors (Lipinski definition) is 0. The van der Waals surface area contributed by atoms with Gasteiger partial charge in [-0.05, 0) is 17.5 Å².